The van der Waals surface area contributed by atoms with Crippen LogP contribution in [0.3, 0.4) is 0 Å². The minimum Gasteiger partial charge on any atom is -0.443 e. The molecule has 32 heavy (non-hydrogen) atoms. The van der Waals surface area contributed by atoms with Crippen molar-refractivity contribution in [3.8, 4) is 5.75 Å². The number of benzene rings is 1. The summed E-state index contributed by atoms with van der Waals surface area (Å²) in [6, 6.07) is 5.10. The van der Waals surface area contributed by atoms with E-state index in [1.165, 1.54) is 24.3 Å². The average molecular weight is 448 g/mol. The van der Waals surface area contributed by atoms with Gasteiger partial charge in [-0.2, -0.15) is 4.98 Å². The number of fused-ring (bicyclic) bond motifs is 1. The smallest absolute Gasteiger partial charge is 0.443 e. The minimum absolute atomic E-state index is 0.193. The van der Waals surface area contributed by atoms with Gasteiger partial charge in [0.25, 0.3) is 0 Å². The number of nitrogens with one attached hydrogen (secondary N) is 1. The van der Waals surface area contributed by atoms with Gasteiger partial charge in [0.15, 0.2) is 0 Å². The fraction of sp³-hybridized carbons (Fsp3) is 0.409. The first-order chi connectivity index (χ1) is 15.1. The molecule has 10 heteroatoms. The monoisotopic (exact) mass is 448 g/mol. The number of carbonyl (C=O) groups is 1. The van der Waals surface area contributed by atoms with Crippen molar-refractivity contribution in [1.29, 1.82) is 0 Å². The standard InChI is InChI=1S/C22H23F3N4O3/c1-12-13(2)31-21-18(12)19(26-14(3)27-21)29-10-4-5-15(11-29)20(30)28-16-6-8-17(9-7-16)32-22(23,24)25/h6-9,15H,4-5,10-11H2,1-3H3,(H,28,30). The SMILES string of the molecule is Cc1nc(N2CCCC(C(=O)Nc3ccc(OC(F)(F)F)cc3)C2)c2c(C)c(C)oc2n1. The number of amides is 1. The van der Waals surface area contributed by atoms with Crippen LogP contribution in [-0.2, 0) is 4.79 Å². The van der Waals surface area contributed by atoms with Crippen molar-refractivity contribution < 1.29 is 27.1 Å². The van der Waals surface area contributed by atoms with Gasteiger partial charge in [0.05, 0.1) is 11.3 Å². The van der Waals surface area contributed by atoms with E-state index in [0.29, 0.717) is 30.2 Å². The van der Waals surface area contributed by atoms with E-state index in [-0.39, 0.29) is 17.6 Å². The number of aryl methyl sites for hydroxylation is 3. The summed E-state index contributed by atoms with van der Waals surface area (Å²) >= 11 is 0. The Labute approximate surface area is 182 Å². The van der Waals surface area contributed by atoms with Crippen LogP contribution in [0.5, 0.6) is 5.75 Å². The third-order valence-corrected chi connectivity index (χ3v) is 5.57. The van der Waals surface area contributed by atoms with Gasteiger partial charge >= 0.3 is 6.36 Å². The number of anilines is 2. The van der Waals surface area contributed by atoms with Crippen LogP contribution in [0.25, 0.3) is 11.1 Å². The molecule has 1 aliphatic rings. The molecule has 0 aliphatic carbocycles. The van der Waals surface area contributed by atoms with Crippen LogP contribution in [0.1, 0.15) is 30.0 Å². The fourth-order valence-corrected chi connectivity index (χ4v) is 3.93. The van der Waals surface area contributed by atoms with Gasteiger partial charge in [-0.1, -0.05) is 0 Å². The Kier molecular flexibility index (Phi) is 5.70. The number of carbonyl (C=O) groups excluding carboxylic acids is 1. The van der Waals surface area contributed by atoms with E-state index in [1.807, 2.05) is 13.8 Å². The Hall–Kier alpha value is -3.30. The van der Waals surface area contributed by atoms with E-state index in [9.17, 15) is 18.0 Å². The van der Waals surface area contributed by atoms with Crippen LogP contribution >= 0.6 is 0 Å². The first-order valence-corrected chi connectivity index (χ1v) is 10.3. The molecule has 170 valence electrons. The highest BCUT2D eigenvalue weighted by Gasteiger charge is 2.31. The number of furan rings is 1. The van der Waals surface area contributed by atoms with Gasteiger partial charge < -0.3 is 19.4 Å². The van der Waals surface area contributed by atoms with E-state index in [1.54, 1.807) is 6.92 Å². The maximum atomic E-state index is 12.9. The summed E-state index contributed by atoms with van der Waals surface area (Å²) in [4.78, 5) is 24.0. The van der Waals surface area contributed by atoms with Crippen LogP contribution in [-0.4, -0.2) is 35.3 Å². The Balaban J connectivity index is 1.49. The third kappa shape index (κ3) is 4.63. The normalized spacial score (nSPS) is 16.9. The van der Waals surface area contributed by atoms with Crippen LogP contribution in [0.4, 0.5) is 24.7 Å². The largest absolute Gasteiger partial charge is 0.573 e. The Bertz CT molecular complexity index is 1140. The van der Waals surface area contributed by atoms with Gasteiger partial charge in [-0.15, -0.1) is 13.2 Å². The summed E-state index contributed by atoms with van der Waals surface area (Å²) in [6.07, 6.45) is -3.25. The van der Waals surface area contributed by atoms with Gasteiger partial charge in [0, 0.05) is 24.3 Å². The number of hydrogen-bond donors (Lipinski definition) is 1. The van der Waals surface area contributed by atoms with Crippen molar-refractivity contribution in [2.75, 3.05) is 23.3 Å². The van der Waals surface area contributed by atoms with E-state index in [0.717, 1.165) is 35.5 Å². The molecule has 1 aromatic carbocycles. The topological polar surface area (TPSA) is 80.5 Å². The number of hydrogen-bond acceptors (Lipinski definition) is 6. The molecule has 1 saturated heterocycles. The van der Waals surface area contributed by atoms with Crippen LogP contribution in [0.15, 0.2) is 28.7 Å². The van der Waals surface area contributed by atoms with E-state index < -0.39 is 6.36 Å². The van der Waals surface area contributed by atoms with E-state index in [2.05, 4.69) is 24.9 Å². The number of rotatable bonds is 4. The Morgan fingerprint density at radius 1 is 1.19 bits per heavy atom. The molecule has 1 atom stereocenters. The average Bonchev–Trinajstić information content (AvgIpc) is 3.01. The summed E-state index contributed by atoms with van der Waals surface area (Å²) < 4.78 is 46.6. The van der Waals surface area contributed by atoms with Crippen LogP contribution < -0.4 is 15.0 Å². The lowest BCUT2D eigenvalue weighted by Gasteiger charge is -2.33. The molecule has 3 heterocycles. The molecular formula is C22H23F3N4O3. The van der Waals surface area contributed by atoms with Crippen molar-refractivity contribution in [2.24, 2.45) is 5.92 Å². The second-order valence-electron chi connectivity index (χ2n) is 7.90. The predicted octanol–water partition coefficient (Wildman–Crippen LogP) is 4.90. The molecule has 1 aliphatic heterocycles. The van der Waals surface area contributed by atoms with Crippen LogP contribution in [0.2, 0.25) is 0 Å². The highest BCUT2D eigenvalue weighted by Crippen LogP contribution is 2.33. The highest BCUT2D eigenvalue weighted by atomic mass is 19.4. The molecule has 3 aromatic rings. The maximum Gasteiger partial charge on any atom is 0.573 e. The summed E-state index contributed by atoms with van der Waals surface area (Å²) in [5.74, 6) is 1.30. The number of ether oxygens (including phenoxy) is 1. The molecule has 1 amide bonds. The molecule has 4 rings (SSSR count). The number of piperidine rings is 1. The van der Waals surface area contributed by atoms with Gasteiger partial charge in [0.1, 0.15) is 23.2 Å². The zero-order valence-corrected chi connectivity index (χ0v) is 17.9. The summed E-state index contributed by atoms with van der Waals surface area (Å²) in [7, 11) is 0. The minimum atomic E-state index is -4.76. The lowest BCUT2D eigenvalue weighted by atomic mass is 9.96. The fourth-order valence-electron chi connectivity index (χ4n) is 3.93. The Morgan fingerprint density at radius 3 is 2.59 bits per heavy atom. The molecular weight excluding hydrogens is 425 g/mol. The lowest BCUT2D eigenvalue weighted by molar-refractivity contribution is -0.274. The molecule has 0 bridgehead atoms. The summed E-state index contributed by atoms with van der Waals surface area (Å²) in [5, 5.41) is 3.64. The van der Waals surface area contributed by atoms with Gasteiger partial charge in [-0.3, -0.25) is 4.79 Å². The predicted molar refractivity (Wildman–Crippen MR) is 113 cm³/mol. The summed E-state index contributed by atoms with van der Waals surface area (Å²) in [6.45, 7) is 6.87. The summed E-state index contributed by atoms with van der Waals surface area (Å²) in [5.41, 5.74) is 1.92. The quantitative estimate of drug-likeness (QED) is 0.612. The second kappa shape index (κ2) is 8.33. The van der Waals surface area contributed by atoms with Gasteiger partial charge in [0.2, 0.25) is 11.6 Å². The number of aromatic nitrogens is 2. The van der Waals surface area contributed by atoms with E-state index in [4.69, 9.17) is 4.42 Å². The number of halogens is 3. The molecule has 0 radical (unpaired) electrons. The van der Waals surface area contributed by atoms with Crippen molar-refractivity contribution >= 4 is 28.5 Å². The van der Waals surface area contributed by atoms with E-state index >= 15 is 0 Å². The molecule has 2 aromatic heterocycles. The van der Waals surface area contributed by atoms with Crippen LogP contribution in [0, 0.1) is 26.7 Å². The highest BCUT2D eigenvalue weighted by molar-refractivity contribution is 5.94. The molecule has 1 N–H and O–H groups in total. The van der Waals surface area contributed by atoms with Crippen molar-refractivity contribution in [2.45, 2.75) is 40.0 Å². The number of nitrogens with zero attached hydrogens (tertiary/aromatic N) is 3. The number of alkyl halides is 3. The van der Waals surface area contributed by atoms with Crippen molar-refractivity contribution in [1.82, 2.24) is 9.97 Å². The zero-order chi connectivity index (χ0) is 23.0. The van der Waals surface area contributed by atoms with Gasteiger partial charge in [-0.05, 0) is 57.9 Å². The lowest BCUT2D eigenvalue weighted by Crippen LogP contribution is -2.41. The molecule has 0 spiro atoms. The molecule has 1 unspecified atom stereocenters. The first kappa shape index (κ1) is 21.9. The maximum absolute atomic E-state index is 12.9. The Morgan fingerprint density at radius 2 is 1.91 bits per heavy atom. The van der Waals surface area contributed by atoms with Crippen molar-refractivity contribution in [3.05, 3.63) is 41.4 Å². The molecule has 1 fully saturated rings. The van der Waals surface area contributed by atoms with Gasteiger partial charge in [-0.25, -0.2) is 4.98 Å². The second-order valence-corrected chi connectivity index (χ2v) is 7.90. The molecule has 7 nitrogen and oxygen atoms in total. The van der Waals surface area contributed by atoms with Crippen molar-refractivity contribution in [3.63, 3.8) is 0 Å². The molecule has 0 saturated carbocycles. The third-order valence-electron chi connectivity index (χ3n) is 5.57. The zero-order valence-electron chi connectivity index (χ0n) is 17.9. The first-order valence-electron chi connectivity index (χ1n) is 10.3.